The molecule has 3 rings (SSSR count). The van der Waals surface area contributed by atoms with E-state index in [1.807, 2.05) is 61.5 Å². The van der Waals surface area contributed by atoms with Gasteiger partial charge < -0.3 is 14.5 Å². The standard InChI is InChI=1S/C21H20N2O3/c1-2-25-18-11-8-16(9-12-18)10-13-20(24)22-15-21-23-14-19(26-21)17-6-4-3-5-7-17/h3-14H,2,15H2,1H3,(H,22,24). The second-order valence-electron chi connectivity index (χ2n) is 5.54. The van der Waals surface area contributed by atoms with Gasteiger partial charge in [0, 0.05) is 11.6 Å². The van der Waals surface area contributed by atoms with Crippen LogP contribution in [-0.4, -0.2) is 17.5 Å². The first-order valence-electron chi connectivity index (χ1n) is 8.43. The van der Waals surface area contributed by atoms with Gasteiger partial charge in [-0.05, 0) is 30.7 Å². The predicted octanol–water partition coefficient (Wildman–Crippen LogP) is 4.07. The smallest absolute Gasteiger partial charge is 0.244 e. The van der Waals surface area contributed by atoms with Gasteiger partial charge in [0.2, 0.25) is 11.8 Å². The molecule has 0 unspecified atom stereocenters. The average Bonchev–Trinajstić information content (AvgIpc) is 3.16. The summed E-state index contributed by atoms with van der Waals surface area (Å²) in [7, 11) is 0. The van der Waals surface area contributed by atoms with E-state index in [1.165, 1.54) is 6.08 Å². The second kappa shape index (κ2) is 8.67. The van der Waals surface area contributed by atoms with Crippen LogP contribution in [0.25, 0.3) is 17.4 Å². The maximum atomic E-state index is 11.9. The Hall–Kier alpha value is -3.34. The summed E-state index contributed by atoms with van der Waals surface area (Å²) in [5.41, 5.74) is 1.87. The van der Waals surface area contributed by atoms with Crippen LogP contribution in [0.15, 0.2) is 71.3 Å². The van der Waals surface area contributed by atoms with Crippen LogP contribution in [0, 0.1) is 0 Å². The number of rotatable bonds is 7. The van der Waals surface area contributed by atoms with Crippen molar-refractivity contribution in [2.24, 2.45) is 0 Å². The molecule has 0 saturated heterocycles. The van der Waals surface area contributed by atoms with Gasteiger partial charge in [-0.3, -0.25) is 4.79 Å². The highest BCUT2D eigenvalue weighted by Crippen LogP contribution is 2.19. The molecule has 1 aromatic heterocycles. The molecule has 0 radical (unpaired) electrons. The first-order valence-corrected chi connectivity index (χ1v) is 8.43. The van der Waals surface area contributed by atoms with E-state index in [4.69, 9.17) is 9.15 Å². The van der Waals surface area contributed by atoms with E-state index in [0.29, 0.717) is 18.3 Å². The number of oxazole rings is 1. The van der Waals surface area contributed by atoms with E-state index in [-0.39, 0.29) is 12.5 Å². The summed E-state index contributed by atoms with van der Waals surface area (Å²) >= 11 is 0. The Kier molecular flexibility index (Phi) is 5.83. The number of hydrogen-bond donors (Lipinski definition) is 1. The van der Waals surface area contributed by atoms with Crippen molar-refractivity contribution in [1.29, 1.82) is 0 Å². The van der Waals surface area contributed by atoms with E-state index < -0.39 is 0 Å². The van der Waals surface area contributed by atoms with Crippen molar-refractivity contribution in [1.82, 2.24) is 10.3 Å². The molecule has 0 aliphatic heterocycles. The number of amides is 1. The van der Waals surface area contributed by atoms with Gasteiger partial charge in [-0.2, -0.15) is 0 Å². The number of aromatic nitrogens is 1. The molecule has 0 bridgehead atoms. The minimum Gasteiger partial charge on any atom is -0.494 e. The van der Waals surface area contributed by atoms with Crippen molar-refractivity contribution in [3.63, 3.8) is 0 Å². The second-order valence-corrected chi connectivity index (χ2v) is 5.54. The molecule has 2 aromatic carbocycles. The molecular formula is C21H20N2O3. The third kappa shape index (κ3) is 4.83. The van der Waals surface area contributed by atoms with Gasteiger partial charge in [-0.25, -0.2) is 4.98 Å². The number of hydrogen-bond acceptors (Lipinski definition) is 4. The topological polar surface area (TPSA) is 64.4 Å². The van der Waals surface area contributed by atoms with E-state index in [9.17, 15) is 4.79 Å². The molecule has 1 heterocycles. The Morgan fingerprint density at radius 3 is 2.65 bits per heavy atom. The first kappa shape index (κ1) is 17.5. The Labute approximate surface area is 152 Å². The van der Waals surface area contributed by atoms with Gasteiger partial charge in [-0.15, -0.1) is 0 Å². The average molecular weight is 348 g/mol. The minimum absolute atomic E-state index is 0.210. The Balaban J connectivity index is 1.52. The highest BCUT2D eigenvalue weighted by atomic mass is 16.5. The molecular weight excluding hydrogens is 328 g/mol. The first-order chi connectivity index (χ1) is 12.7. The fourth-order valence-corrected chi connectivity index (χ4v) is 2.36. The number of carbonyl (C=O) groups excluding carboxylic acids is 1. The number of ether oxygens (including phenoxy) is 1. The lowest BCUT2D eigenvalue weighted by atomic mass is 10.2. The molecule has 0 saturated carbocycles. The lowest BCUT2D eigenvalue weighted by Crippen LogP contribution is -2.20. The number of nitrogens with zero attached hydrogens (tertiary/aromatic N) is 1. The zero-order valence-electron chi connectivity index (χ0n) is 14.5. The van der Waals surface area contributed by atoms with Crippen LogP contribution < -0.4 is 10.1 Å². The van der Waals surface area contributed by atoms with E-state index in [1.54, 1.807) is 12.3 Å². The van der Waals surface area contributed by atoms with Crippen molar-refractivity contribution in [2.45, 2.75) is 13.5 Å². The summed E-state index contributed by atoms with van der Waals surface area (Å²) in [6.07, 6.45) is 4.89. The molecule has 3 aromatic rings. The number of carbonyl (C=O) groups is 1. The molecule has 0 spiro atoms. The highest BCUT2D eigenvalue weighted by molar-refractivity contribution is 5.91. The summed E-state index contributed by atoms with van der Waals surface area (Å²) < 4.78 is 11.0. The summed E-state index contributed by atoms with van der Waals surface area (Å²) in [5, 5.41) is 2.76. The molecule has 0 atom stereocenters. The zero-order valence-corrected chi connectivity index (χ0v) is 14.5. The SMILES string of the molecule is CCOc1ccc(C=CC(=O)NCc2ncc(-c3ccccc3)o2)cc1. The van der Waals surface area contributed by atoms with Crippen LogP contribution in [0.4, 0.5) is 0 Å². The molecule has 26 heavy (non-hydrogen) atoms. The van der Waals surface area contributed by atoms with Gasteiger partial charge >= 0.3 is 0 Å². The summed E-state index contributed by atoms with van der Waals surface area (Å²) in [4.78, 5) is 16.1. The zero-order chi connectivity index (χ0) is 18.2. The highest BCUT2D eigenvalue weighted by Gasteiger charge is 2.06. The fraction of sp³-hybridized carbons (Fsp3) is 0.143. The van der Waals surface area contributed by atoms with Gasteiger partial charge in [0.15, 0.2) is 5.76 Å². The maximum absolute atomic E-state index is 11.9. The van der Waals surface area contributed by atoms with Crippen LogP contribution in [0.2, 0.25) is 0 Å². The number of benzene rings is 2. The van der Waals surface area contributed by atoms with E-state index in [2.05, 4.69) is 10.3 Å². The van der Waals surface area contributed by atoms with Gasteiger partial charge in [0.05, 0.1) is 19.3 Å². The van der Waals surface area contributed by atoms with E-state index >= 15 is 0 Å². The van der Waals surface area contributed by atoms with Crippen LogP contribution in [0.1, 0.15) is 18.4 Å². The molecule has 132 valence electrons. The van der Waals surface area contributed by atoms with Gasteiger partial charge in [0.1, 0.15) is 5.75 Å². The lowest BCUT2D eigenvalue weighted by Gasteiger charge is -2.02. The molecule has 5 heteroatoms. The molecule has 0 aliphatic rings. The van der Waals surface area contributed by atoms with Crippen molar-refractivity contribution in [3.8, 4) is 17.1 Å². The molecule has 0 fully saturated rings. The third-order valence-electron chi connectivity index (χ3n) is 3.64. The van der Waals surface area contributed by atoms with Crippen molar-refractivity contribution >= 4 is 12.0 Å². The maximum Gasteiger partial charge on any atom is 0.244 e. The minimum atomic E-state index is -0.210. The van der Waals surface area contributed by atoms with Crippen LogP contribution in [0.3, 0.4) is 0 Å². The van der Waals surface area contributed by atoms with Crippen molar-refractivity contribution in [3.05, 3.63) is 78.3 Å². The normalized spacial score (nSPS) is 10.8. The van der Waals surface area contributed by atoms with Crippen LogP contribution >= 0.6 is 0 Å². The summed E-state index contributed by atoms with van der Waals surface area (Å²) in [6, 6.07) is 17.3. The number of nitrogens with one attached hydrogen (secondary N) is 1. The van der Waals surface area contributed by atoms with Crippen LogP contribution in [0.5, 0.6) is 5.75 Å². The molecule has 0 aliphatic carbocycles. The Morgan fingerprint density at radius 1 is 1.15 bits per heavy atom. The lowest BCUT2D eigenvalue weighted by molar-refractivity contribution is -0.116. The Morgan fingerprint density at radius 2 is 1.92 bits per heavy atom. The predicted molar refractivity (Wildman–Crippen MR) is 100 cm³/mol. The summed E-state index contributed by atoms with van der Waals surface area (Å²) in [5.74, 6) is 1.75. The van der Waals surface area contributed by atoms with Gasteiger partial charge in [-0.1, -0.05) is 42.5 Å². The Bertz CT molecular complexity index is 868. The monoisotopic (exact) mass is 348 g/mol. The van der Waals surface area contributed by atoms with Crippen molar-refractivity contribution in [2.75, 3.05) is 6.61 Å². The molecule has 1 amide bonds. The largest absolute Gasteiger partial charge is 0.494 e. The summed E-state index contributed by atoms with van der Waals surface area (Å²) in [6.45, 7) is 2.80. The van der Waals surface area contributed by atoms with Crippen molar-refractivity contribution < 1.29 is 13.9 Å². The molecule has 1 N–H and O–H groups in total. The van der Waals surface area contributed by atoms with Gasteiger partial charge in [0.25, 0.3) is 0 Å². The third-order valence-corrected chi connectivity index (χ3v) is 3.64. The van der Waals surface area contributed by atoms with E-state index in [0.717, 1.165) is 16.9 Å². The molecule has 5 nitrogen and oxygen atoms in total. The van der Waals surface area contributed by atoms with Crippen LogP contribution in [-0.2, 0) is 11.3 Å². The fourth-order valence-electron chi connectivity index (χ4n) is 2.36. The quantitative estimate of drug-likeness (QED) is 0.654.